The average Bonchev–Trinajstić information content (AvgIpc) is 2.44. The molecule has 1 N–H and O–H groups in total. The summed E-state index contributed by atoms with van der Waals surface area (Å²) in [6.07, 6.45) is 0. The van der Waals surface area contributed by atoms with Gasteiger partial charge in [-0.25, -0.2) is 0 Å². The van der Waals surface area contributed by atoms with Gasteiger partial charge in [-0.1, -0.05) is 12.1 Å². The van der Waals surface area contributed by atoms with Crippen molar-refractivity contribution in [1.29, 1.82) is 5.26 Å². The van der Waals surface area contributed by atoms with Crippen LogP contribution in [0.15, 0.2) is 24.3 Å². The molecule has 2 amide bonds. The summed E-state index contributed by atoms with van der Waals surface area (Å²) in [6.45, 7) is -0.245. The predicted molar refractivity (Wildman–Crippen MR) is 68.4 cm³/mol. The zero-order valence-corrected chi connectivity index (χ0v) is 10.8. The number of nitrogens with one attached hydrogen (secondary N) is 1. The van der Waals surface area contributed by atoms with Gasteiger partial charge in [0.2, 0.25) is 5.91 Å². The molecule has 1 rings (SSSR count). The molecule has 0 aromatic heterocycles. The van der Waals surface area contributed by atoms with Crippen LogP contribution in [-0.2, 0) is 9.59 Å². The first-order chi connectivity index (χ1) is 9.08. The van der Waals surface area contributed by atoms with Crippen molar-refractivity contribution in [2.75, 3.05) is 27.2 Å². The standard InChI is InChI=1S/C13H15N3O3/c1-15-12(17)8-16(2)13(18)9-19-11-6-4-3-5-10(11)7-14/h3-6H,8-9H2,1-2H3,(H,15,17). The minimum Gasteiger partial charge on any atom is -0.482 e. The molecule has 0 heterocycles. The first-order valence-electron chi connectivity index (χ1n) is 5.65. The molecule has 1 aromatic carbocycles. The average molecular weight is 261 g/mol. The maximum atomic E-state index is 11.7. The number of carbonyl (C=O) groups excluding carboxylic acids is 2. The summed E-state index contributed by atoms with van der Waals surface area (Å²) in [6, 6.07) is 8.63. The Hall–Kier alpha value is -2.55. The molecule has 0 saturated carbocycles. The van der Waals surface area contributed by atoms with Crippen LogP contribution in [0.25, 0.3) is 0 Å². The van der Waals surface area contributed by atoms with Crippen molar-refractivity contribution in [2.24, 2.45) is 0 Å². The van der Waals surface area contributed by atoms with E-state index in [1.165, 1.54) is 19.0 Å². The highest BCUT2D eigenvalue weighted by Crippen LogP contribution is 2.16. The van der Waals surface area contributed by atoms with E-state index in [1.807, 2.05) is 6.07 Å². The summed E-state index contributed by atoms with van der Waals surface area (Å²) in [5.41, 5.74) is 0.365. The monoisotopic (exact) mass is 261 g/mol. The van der Waals surface area contributed by atoms with Crippen LogP contribution in [0.3, 0.4) is 0 Å². The Morgan fingerprint density at radius 2 is 2.11 bits per heavy atom. The van der Waals surface area contributed by atoms with Crippen LogP contribution in [-0.4, -0.2) is 44.0 Å². The number of nitrogens with zero attached hydrogens (tertiary/aromatic N) is 2. The highest BCUT2D eigenvalue weighted by molar-refractivity contribution is 5.85. The number of hydrogen-bond acceptors (Lipinski definition) is 4. The molecule has 0 bridgehead atoms. The molecule has 0 unspecified atom stereocenters. The van der Waals surface area contributed by atoms with Gasteiger partial charge in [-0.2, -0.15) is 5.26 Å². The quantitative estimate of drug-likeness (QED) is 0.817. The fourth-order valence-corrected chi connectivity index (χ4v) is 1.32. The molecule has 100 valence electrons. The Balaban J connectivity index is 2.55. The number of likely N-dealkylation sites (N-methyl/N-ethyl adjacent to an activating group) is 2. The normalized spacial score (nSPS) is 9.32. The van der Waals surface area contributed by atoms with E-state index >= 15 is 0 Å². The summed E-state index contributed by atoms with van der Waals surface area (Å²) in [7, 11) is 3.01. The second-order valence-electron chi connectivity index (χ2n) is 3.82. The lowest BCUT2D eigenvalue weighted by Gasteiger charge is -2.16. The Kier molecular flexibility index (Phi) is 5.35. The number of para-hydroxylation sites is 1. The van der Waals surface area contributed by atoms with E-state index in [9.17, 15) is 9.59 Å². The van der Waals surface area contributed by atoms with Crippen molar-refractivity contribution in [3.63, 3.8) is 0 Å². The van der Waals surface area contributed by atoms with Crippen LogP contribution in [0.5, 0.6) is 5.75 Å². The molecule has 0 saturated heterocycles. The molecule has 6 heteroatoms. The molecular formula is C13H15N3O3. The summed E-state index contributed by atoms with van der Waals surface area (Å²) in [4.78, 5) is 24.1. The molecule has 0 atom stereocenters. The van der Waals surface area contributed by atoms with Gasteiger partial charge in [0, 0.05) is 14.1 Å². The lowest BCUT2D eigenvalue weighted by Crippen LogP contribution is -2.39. The van der Waals surface area contributed by atoms with E-state index in [0.717, 1.165) is 0 Å². The molecule has 0 spiro atoms. The van der Waals surface area contributed by atoms with Crippen LogP contribution in [0.1, 0.15) is 5.56 Å². The van der Waals surface area contributed by atoms with Crippen molar-refractivity contribution in [2.45, 2.75) is 0 Å². The van der Waals surface area contributed by atoms with E-state index in [0.29, 0.717) is 11.3 Å². The van der Waals surface area contributed by atoms with Gasteiger partial charge in [-0.3, -0.25) is 9.59 Å². The minimum atomic E-state index is -0.337. The molecular weight excluding hydrogens is 246 g/mol. The highest BCUT2D eigenvalue weighted by atomic mass is 16.5. The van der Waals surface area contributed by atoms with Crippen molar-refractivity contribution < 1.29 is 14.3 Å². The smallest absolute Gasteiger partial charge is 0.260 e. The van der Waals surface area contributed by atoms with E-state index in [1.54, 1.807) is 24.3 Å². The predicted octanol–water partition coefficient (Wildman–Crippen LogP) is 0.141. The molecule has 0 aliphatic carbocycles. The summed E-state index contributed by atoms with van der Waals surface area (Å²) >= 11 is 0. The van der Waals surface area contributed by atoms with E-state index in [4.69, 9.17) is 10.00 Å². The third-order valence-corrected chi connectivity index (χ3v) is 2.44. The van der Waals surface area contributed by atoms with Crippen LogP contribution in [0, 0.1) is 11.3 Å². The lowest BCUT2D eigenvalue weighted by atomic mass is 10.2. The molecule has 0 radical (unpaired) electrons. The Labute approximate surface area is 111 Å². The van der Waals surface area contributed by atoms with Crippen molar-refractivity contribution in [1.82, 2.24) is 10.2 Å². The third kappa shape index (κ3) is 4.32. The highest BCUT2D eigenvalue weighted by Gasteiger charge is 2.13. The fraction of sp³-hybridized carbons (Fsp3) is 0.308. The van der Waals surface area contributed by atoms with Crippen molar-refractivity contribution in [3.05, 3.63) is 29.8 Å². The van der Waals surface area contributed by atoms with Crippen molar-refractivity contribution >= 4 is 11.8 Å². The number of amides is 2. The lowest BCUT2D eigenvalue weighted by molar-refractivity contribution is -0.136. The van der Waals surface area contributed by atoms with Crippen LogP contribution in [0.2, 0.25) is 0 Å². The summed E-state index contributed by atoms with van der Waals surface area (Å²) in [5.74, 6) is -0.240. The van der Waals surface area contributed by atoms with E-state index < -0.39 is 0 Å². The maximum Gasteiger partial charge on any atom is 0.260 e. The Morgan fingerprint density at radius 3 is 2.74 bits per heavy atom. The van der Waals surface area contributed by atoms with Crippen molar-refractivity contribution in [3.8, 4) is 11.8 Å². The molecule has 0 fully saturated rings. The number of carbonyl (C=O) groups is 2. The van der Waals surface area contributed by atoms with Crippen LogP contribution in [0.4, 0.5) is 0 Å². The second kappa shape index (κ2) is 7.01. The van der Waals surface area contributed by atoms with Crippen LogP contribution >= 0.6 is 0 Å². The number of ether oxygens (including phenoxy) is 1. The fourth-order valence-electron chi connectivity index (χ4n) is 1.32. The van der Waals surface area contributed by atoms with Gasteiger partial charge in [-0.05, 0) is 12.1 Å². The number of benzene rings is 1. The van der Waals surface area contributed by atoms with E-state index in [2.05, 4.69) is 5.32 Å². The first-order valence-corrected chi connectivity index (χ1v) is 5.65. The zero-order chi connectivity index (χ0) is 14.3. The molecule has 1 aromatic rings. The zero-order valence-electron chi connectivity index (χ0n) is 10.8. The molecule has 0 aliphatic heterocycles. The Bertz CT molecular complexity index is 508. The number of nitriles is 1. The van der Waals surface area contributed by atoms with Crippen LogP contribution < -0.4 is 10.1 Å². The number of hydrogen-bond donors (Lipinski definition) is 1. The van der Waals surface area contributed by atoms with Gasteiger partial charge in [-0.15, -0.1) is 0 Å². The third-order valence-electron chi connectivity index (χ3n) is 2.44. The SMILES string of the molecule is CNC(=O)CN(C)C(=O)COc1ccccc1C#N. The second-order valence-corrected chi connectivity index (χ2v) is 3.82. The molecule has 6 nitrogen and oxygen atoms in total. The van der Waals surface area contributed by atoms with Gasteiger partial charge in [0.1, 0.15) is 11.8 Å². The van der Waals surface area contributed by atoms with Gasteiger partial charge in [0.15, 0.2) is 6.61 Å². The summed E-state index contributed by atoms with van der Waals surface area (Å²) in [5, 5.41) is 11.3. The molecule has 0 aliphatic rings. The largest absolute Gasteiger partial charge is 0.482 e. The maximum absolute atomic E-state index is 11.7. The first kappa shape index (κ1) is 14.5. The van der Waals surface area contributed by atoms with Gasteiger partial charge >= 0.3 is 0 Å². The van der Waals surface area contributed by atoms with Gasteiger partial charge in [0.05, 0.1) is 12.1 Å². The van der Waals surface area contributed by atoms with Gasteiger partial charge in [0.25, 0.3) is 5.91 Å². The molecule has 19 heavy (non-hydrogen) atoms. The number of rotatable bonds is 5. The minimum absolute atomic E-state index is 0.0292. The van der Waals surface area contributed by atoms with E-state index in [-0.39, 0.29) is 25.0 Å². The Morgan fingerprint density at radius 1 is 1.42 bits per heavy atom. The topological polar surface area (TPSA) is 82.4 Å². The summed E-state index contributed by atoms with van der Waals surface area (Å²) < 4.78 is 5.28. The van der Waals surface area contributed by atoms with Gasteiger partial charge < -0.3 is 15.0 Å².